The smallest absolute Gasteiger partial charge is 0.0619 e. The molecule has 0 fully saturated rings. The molecule has 0 saturated heterocycles. The molecular formula is C28H58O. The van der Waals surface area contributed by atoms with Crippen LogP contribution in [0.5, 0.6) is 0 Å². The van der Waals surface area contributed by atoms with E-state index in [4.69, 9.17) is 0 Å². The van der Waals surface area contributed by atoms with Crippen LogP contribution in [0, 0.1) is 0 Å². The van der Waals surface area contributed by atoms with Gasteiger partial charge < -0.3 is 5.11 Å². The SMILES string of the molecule is CCCCCCCCCCCCCCC(C)(O)CCCCCCCCCCCC. The van der Waals surface area contributed by atoms with Gasteiger partial charge in [-0.05, 0) is 19.8 Å². The summed E-state index contributed by atoms with van der Waals surface area (Å²) >= 11 is 0. The fourth-order valence-corrected chi connectivity index (χ4v) is 4.47. The van der Waals surface area contributed by atoms with Crippen molar-refractivity contribution in [1.29, 1.82) is 0 Å². The average molecular weight is 411 g/mol. The summed E-state index contributed by atoms with van der Waals surface area (Å²) in [5, 5.41) is 10.6. The normalized spacial score (nSPS) is 13.7. The van der Waals surface area contributed by atoms with Crippen molar-refractivity contribution in [3.8, 4) is 0 Å². The second-order valence-corrected chi connectivity index (χ2v) is 10.1. The zero-order chi connectivity index (χ0) is 21.5. The third-order valence-corrected chi connectivity index (χ3v) is 6.64. The van der Waals surface area contributed by atoms with E-state index in [1.54, 1.807) is 0 Å². The number of hydrogen-bond donors (Lipinski definition) is 1. The molecule has 0 aliphatic heterocycles. The molecule has 1 unspecified atom stereocenters. The molecule has 0 radical (unpaired) electrons. The molecule has 176 valence electrons. The second-order valence-electron chi connectivity index (χ2n) is 10.1. The van der Waals surface area contributed by atoms with Gasteiger partial charge in [0.2, 0.25) is 0 Å². The molecule has 0 bridgehead atoms. The van der Waals surface area contributed by atoms with Crippen LogP contribution in [-0.4, -0.2) is 10.7 Å². The summed E-state index contributed by atoms with van der Waals surface area (Å²) in [6.07, 6.45) is 32.4. The highest BCUT2D eigenvalue weighted by Crippen LogP contribution is 2.23. The minimum Gasteiger partial charge on any atom is -0.390 e. The Kier molecular flexibility index (Phi) is 22.6. The lowest BCUT2D eigenvalue weighted by molar-refractivity contribution is 0.0366. The van der Waals surface area contributed by atoms with Crippen LogP contribution in [0.25, 0.3) is 0 Å². The van der Waals surface area contributed by atoms with Gasteiger partial charge >= 0.3 is 0 Å². The van der Waals surface area contributed by atoms with Gasteiger partial charge in [0.1, 0.15) is 0 Å². The Bertz CT molecular complexity index is 297. The van der Waals surface area contributed by atoms with Crippen LogP contribution >= 0.6 is 0 Å². The number of aliphatic hydroxyl groups is 1. The van der Waals surface area contributed by atoms with E-state index in [0.29, 0.717) is 0 Å². The predicted octanol–water partition coefficient (Wildman–Crippen LogP) is 10.1. The fourth-order valence-electron chi connectivity index (χ4n) is 4.47. The summed E-state index contributed by atoms with van der Waals surface area (Å²) in [5.41, 5.74) is -0.418. The van der Waals surface area contributed by atoms with E-state index in [0.717, 1.165) is 12.8 Å². The third-order valence-electron chi connectivity index (χ3n) is 6.64. The number of rotatable bonds is 24. The van der Waals surface area contributed by atoms with E-state index in [1.165, 1.54) is 141 Å². The molecule has 0 heterocycles. The summed E-state index contributed by atoms with van der Waals surface area (Å²) in [7, 11) is 0. The summed E-state index contributed by atoms with van der Waals surface area (Å²) in [6.45, 7) is 6.64. The molecule has 0 amide bonds. The molecule has 0 spiro atoms. The summed E-state index contributed by atoms with van der Waals surface area (Å²) < 4.78 is 0. The lowest BCUT2D eigenvalue weighted by Gasteiger charge is -2.23. The van der Waals surface area contributed by atoms with Crippen molar-refractivity contribution in [3.05, 3.63) is 0 Å². The van der Waals surface area contributed by atoms with Gasteiger partial charge in [0.15, 0.2) is 0 Å². The van der Waals surface area contributed by atoms with Crippen LogP contribution in [0.2, 0.25) is 0 Å². The maximum absolute atomic E-state index is 10.6. The highest BCUT2D eigenvalue weighted by molar-refractivity contribution is 4.72. The van der Waals surface area contributed by atoms with Crippen molar-refractivity contribution >= 4 is 0 Å². The zero-order valence-corrected chi connectivity index (χ0v) is 20.9. The lowest BCUT2D eigenvalue weighted by Crippen LogP contribution is -2.23. The molecule has 0 aromatic heterocycles. The van der Waals surface area contributed by atoms with E-state index >= 15 is 0 Å². The largest absolute Gasteiger partial charge is 0.390 e. The number of unbranched alkanes of at least 4 members (excludes halogenated alkanes) is 20. The van der Waals surface area contributed by atoms with Gasteiger partial charge in [0.05, 0.1) is 5.60 Å². The molecule has 0 saturated carbocycles. The van der Waals surface area contributed by atoms with Gasteiger partial charge in [0.25, 0.3) is 0 Å². The Morgan fingerprint density at radius 2 is 0.586 bits per heavy atom. The molecule has 1 atom stereocenters. The Morgan fingerprint density at radius 3 is 0.828 bits per heavy atom. The van der Waals surface area contributed by atoms with E-state index in [2.05, 4.69) is 20.8 Å². The van der Waals surface area contributed by atoms with E-state index in [-0.39, 0.29) is 0 Å². The maximum atomic E-state index is 10.6. The second kappa shape index (κ2) is 22.6. The Balaban J connectivity index is 3.30. The first-order valence-electron chi connectivity index (χ1n) is 13.8. The predicted molar refractivity (Wildman–Crippen MR) is 133 cm³/mol. The van der Waals surface area contributed by atoms with Crippen LogP contribution in [0.4, 0.5) is 0 Å². The quantitative estimate of drug-likeness (QED) is 0.157. The van der Waals surface area contributed by atoms with E-state index < -0.39 is 5.60 Å². The van der Waals surface area contributed by atoms with Crippen LogP contribution in [-0.2, 0) is 0 Å². The fraction of sp³-hybridized carbons (Fsp3) is 1.00. The molecule has 0 aromatic carbocycles. The first-order chi connectivity index (χ1) is 14.1. The minimum atomic E-state index is -0.418. The molecule has 1 heteroatoms. The third kappa shape index (κ3) is 24.1. The molecule has 1 nitrogen and oxygen atoms in total. The highest BCUT2D eigenvalue weighted by Gasteiger charge is 2.18. The standard InChI is InChI=1S/C28H58O/c1-4-6-8-10-12-14-16-17-19-21-23-25-27-28(3,29)26-24-22-20-18-15-13-11-9-7-5-2/h29H,4-27H2,1-3H3. The van der Waals surface area contributed by atoms with Gasteiger partial charge in [-0.2, -0.15) is 0 Å². The minimum absolute atomic E-state index is 0.418. The van der Waals surface area contributed by atoms with Crippen LogP contribution in [0.15, 0.2) is 0 Å². The Labute approximate surface area is 185 Å². The molecule has 1 N–H and O–H groups in total. The highest BCUT2D eigenvalue weighted by atomic mass is 16.3. The summed E-state index contributed by atoms with van der Waals surface area (Å²) in [6, 6.07) is 0. The molecule has 0 aromatic rings. The Morgan fingerprint density at radius 1 is 0.379 bits per heavy atom. The van der Waals surface area contributed by atoms with Gasteiger partial charge in [-0.3, -0.25) is 0 Å². The molecule has 29 heavy (non-hydrogen) atoms. The van der Waals surface area contributed by atoms with Crippen molar-refractivity contribution in [2.45, 2.75) is 180 Å². The van der Waals surface area contributed by atoms with Crippen LogP contribution in [0.3, 0.4) is 0 Å². The van der Waals surface area contributed by atoms with Crippen molar-refractivity contribution in [2.24, 2.45) is 0 Å². The van der Waals surface area contributed by atoms with Crippen LogP contribution < -0.4 is 0 Å². The van der Waals surface area contributed by atoms with Gasteiger partial charge in [-0.25, -0.2) is 0 Å². The topological polar surface area (TPSA) is 20.2 Å². The maximum Gasteiger partial charge on any atom is 0.0619 e. The van der Waals surface area contributed by atoms with Crippen molar-refractivity contribution < 1.29 is 5.11 Å². The average Bonchev–Trinajstić information content (AvgIpc) is 2.70. The van der Waals surface area contributed by atoms with Gasteiger partial charge in [-0.1, -0.05) is 155 Å². The molecule has 0 aliphatic rings. The molecule has 0 rings (SSSR count). The van der Waals surface area contributed by atoms with E-state index in [9.17, 15) is 5.11 Å². The van der Waals surface area contributed by atoms with Gasteiger partial charge in [-0.15, -0.1) is 0 Å². The summed E-state index contributed by atoms with van der Waals surface area (Å²) in [4.78, 5) is 0. The lowest BCUT2D eigenvalue weighted by atomic mass is 9.91. The van der Waals surface area contributed by atoms with Crippen molar-refractivity contribution in [2.75, 3.05) is 0 Å². The summed E-state index contributed by atoms with van der Waals surface area (Å²) in [5.74, 6) is 0. The van der Waals surface area contributed by atoms with Gasteiger partial charge in [0, 0.05) is 0 Å². The van der Waals surface area contributed by atoms with Crippen LogP contribution in [0.1, 0.15) is 175 Å². The van der Waals surface area contributed by atoms with E-state index in [1.807, 2.05) is 0 Å². The Hall–Kier alpha value is -0.0400. The molecule has 0 aliphatic carbocycles. The monoisotopic (exact) mass is 410 g/mol. The van der Waals surface area contributed by atoms with Crippen molar-refractivity contribution in [1.82, 2.24) is 0 Å². The number of hydrogen-bond acceptors (Lipinski definition) is 1. The van der Waals surface area contributed by atoms with Crippen molar-refractivity contribution in [3.63, 3.8) is 0 Å². The zero-order valence-electron chi connectivity index (χ0n) is 20.9. The first kappa shape index (κ1) is 29.0. The first-order valence-corrected chi connectivity index (χ1v) is 13.8. The molecular weight excluding hydrogens is 352 g/mol.